The van der Waals surface area contributed by atoms with Crippen molar-refractivity contribution in [3.63, 3.8) is 0 Å². The summed E-state index contributed by atoms with van der Waals surface area (Å²) in [7, 11) is 0. The van der Waals surface area contributed by atoms with Gasteiger partial charge in [0.25, 0.3) is 0 Å². The molecule has 0 amide bonds. The van der Waals surface area contributed by atoms with Crippen LogP contribution in [0.1, 0.15) is 56.1 Å². The molecule has 2 aliphatic carbocycles. The van der Waals surface area contributed by atoms with Gasteiger partial charge in [-0.3, -0.25) is 0 Å². The van der Waals surface area contributed by atoms with E-state index in [4.69, 9.17) is 23.2 Å². The lowest BCUT2D eigenvalue weighted by molar-refractivity contribution is 0.319. The molecule has 2 atom stereocenters. The maximum atomic E-state index is 6.45. The molecule has 2 saturated carbocycles. The predicted octanol–water partition coefficient (Wildman–Crippen LogP) is 7.52. The Labute approximate surface area is 155 Å². The minimum Gasteiger partial charge on any atom is -0.0843 e. The highest BCUT2D eigenvalue weighted by Gasteiger charge is 2.35. The zero-order chi connectivity index (χ0) is 16.7. The summed E-state index contributed by atoms with van der Waals surface area (Å²) in [5, 5.41) is 1.43. The standard InChI is InChI=1S/C22H24Cl2/c1-2-16-5-6-17(20-8-7-19(23)13-22(20)24)12-21(16)18-10-14-3-4-15(9-14)11-18/h5-8,12-15,18H,2-4,9-11H2,1H3. The van der Waals surface area contributed by atoms with E-state index in [0.717, 1.165) is 34.8 Å². The number of fused-ring (bicyclic) bond motifs is 2. The van der Waals surface area contributed by atoms with Gasteiger partial charge in [0.05, 0.1) is 0 Å². The summed E-state index contributed by atoms with van der Waals surface area (Å²) in [5.41, 5.74) is 5.39. The first-order chi connectivity index (χ1) is 11.6. The molecule has 2 heteroatoms. The van der Waals surface area contributed by atoms with E-state index >= 15 is 0 Å². The first kappa shape index (κ1) is 16.5. The SMILES string of the molecule is CCc1ccc(-c2ccc(Cl)cc2Cl)cc1C1CC2CCC(C2)C1. The van der Waals surface area contributed by atoms with Gasteiger partial charge in [0.2, 0.25) is 0 Å². The molecule has 0 heterocycles. The van der Waals surface area contributed by atoms with Gasteiger partial charge in [-0.1, -0.05) is 67.2 Å². The van der Waals surface area contributed by atoms with Crippen molar-refractivity contribution in [1.82, 2.24) is 0 Å². The van der Waals surface area contributed by atoms with E-state index in [9.17, 15) is 0 Å². The van der Waals surface area contributed by atoms with E-state index in [1.165, 1.54) is 43.2 Å². The molecule has 2 aromatic carbocycles. The van der Waals surface area contributed by atoms with Gasteiger partial charge in [0.15, 0.2) is 0 Å². The molecule has 2 fully saturated rings. The van der Waals surface area contributed by atoms with E-state index in [-0.39, 0.29) is 0 Å². The number of hydrogen-bond acceptors (Lipinski definition) is 0. The number of hydrogen-bond donors (Lipinski definition) is 0. The minimum atomic E-state index is 0.693. The topological polar surface area (TPSA) is 0 Å². The maximum Gasteiger partial charge on any atom is 0.0499 e. The zero-order valence-electron chi connectivity index (χ0n) is 14.2. The van der Waals surface area contributed by atoms with Crippen molar-refractivity contribution in [2.45, 2.75) is 51.4 Å². The van der Waals surface area contributed by atoms with E-state index in [2.05, 4.69) is 25.1 Å². The van der Waals surface area contributed by atoms with E-state index in [1.54, 1.807) is 5.56 Å². The second-order valence-corrected chi connectivity index (χ2v) is 8.45. The number of halogens is 2. The van der Waals surface area contributed by atoms with Gasteiger partial charge in [-0.15, -0.1) is 0 Å². The average molecular weight is 359 g/mol. The molecule has 126 valence electrons. The van der Waals surface area contributed by atoms with Crippen molar-refractivity contribution in [3.8, 4) is 11.1 Å². The van der Waals surface area contributed by atoms with Crippen molar-refractivity contribution >= 4 is 23.2 Å². The van der Waals surface area contributed by atoms with Gasteiger partial charge < -0.3 is 0 Å². The molecule has 2 unspecified atom stereocenters. The van der Waals surface area contributed by atoms with E-state index < -0.39 is 0 Å². The Hall–Kier alpha value is -0.980. The second kappa shape index (κ2) is 6.73. The monoisotopic (exact) mass is 358 g/mol. The molecule has 0 aliphatic heterocycles. The van der Waals surface area contributed by atoms with Crippen LogP contribution in [0.2, 0.25) is 10.0 Å². The Morgan fingerprint density at radius 3 is 2.33 bits per heavy atom. The number of aryl methyl sites for hydroxylation is 1. The molecule has 2 bridgehead atoms. The fourth-order valence-corrected chi connectivity index (χ4v) is 5.47. The van der Waals surface area contributed by atoms with E-state index in [0.29, 0.717) is 5.02 Å². The van der Waals surface area contributed by atoms with Gasteiger partial charge in [-0.05, 0) is 72.3 Å². The van der Waals surface area contributed by atoms with Crippen LogP contribution >= 0.6 is 23.2 Å². The Morgan fingerprint density at radius 1 is 0.917 bits per heavy atom. The molecule has 0 spiro atoms. The van der Waals surface area contributed by atoms with Crippen LogP contribution < -0.4 is 0 Å². The Balaban J connectivity index is 1.73. The second-order valence-electron chi connectivity index (χ2n) is 7.60. The van der Waals surface area contributed by atoms with Crippen molar-refractivity contribution in [1.29, 1.82) is 0 Å². The quantitative estimate of drug-likeness (QED) is 0.532. The van der Waals surface area contributed by atoms with Gasteiger partial charge in [-0.25, -0.2) is 0 Å². The summed E-state index contributed by atoms with van der Waals surface area (Å²) in [5.74, 6) is 2.65. The molecule has 2 aliphatic rings. The fraction of sp³-hybridized carbons (Fsp3) is 0.455. The Bertz CT molecular complexity index is 738. The highest BCUT2D eigenvalue weighted by molar-refractivity contribution is 6.36. The first-order valence-electron chi connectivity index (χ1n) is 9.22. The lowest BCUT2D eigenvalue weighted by atomic mass is 9.75. The summed E-state index contributed by atoms with van der Waals surface area (Å²) >= 11 is 12.5. The van der Waals surface area contributed by atoms with Crippen LogP contribution in [-0.4, -0.2) is 0 Å². The van der Waals surface area contributed by atoms with Crippen LogP contribution in [0.25, 0.3) is 11.1 Å². The van der Waals surface area contributed by atoms with Crippen molar-refractivity contribution < 1.29 is 0 Å². The molecular formula is C22H24Cl2. The molecule has 0 radical (unpaired) electrons. The third kappa shape index (κ3) is 3.11. The van der Waals surface area contributed by atoms with Crippen LogP contribution in [0.4, 0.5) is 0 Å². The summed E-state index contributed by atoms with van der Waals surface area (Å²) in [4.78, 5) is 0. The van der Waals surface area contributed by atoms with Gasteiger partial charge >= 0.3 is 0 Å². The molecular weight excluding hydrogens is 335 g/mol. The lowest BCUT2D eigenvalue weighted by Crippen LogP contribution is -2.15. The summed E-state index contributed by atoms with van der Waals surface area (Å²) < 4.78 is 0. The van der Waals surface area contributed by atoms with Crippen molar-refractivity contribution in [2.24, 2.45) is 11.8 Å². The van der Waals surface area contributed by atoms with Crippen molar-refractivity contribution in [2.75, 3.05) is 0 Å². The molecule has 0 aromatic heterocycles. The van der Waals surface area contributed by atoms with Gasteiger partial charge in [-0.2, -0.15) is 0 Å². The highest BCUT2D eigenvalue weighted by Crippen LogP contribution is 2.49. The van der Waals surface area contributed by atoms with Gasteiger partial charge in [0.1, 0.15) is 0 Å². The average Bonchev–Trinajstić information content (AvgIpc) is 2.92. The number of rotatable bonds is 3. The highest BCUT2D eigenvalue weighted by atomic mass is 35.5. The zero-order valence-corrected chi connectivity index (χ0v) is 15.7. The minimum absolute atomic E-state index is 0.693. The third-order valence-electron chi connectivity index (χ3n) is 6.09. The van der Waals surface area contributed by atoms with Crippen LogP contribution in [0, 0.1) is 11.8 Å². The Kier molecular flexibility index (Phi) is 4.62. The summed E-state index contributed by atoms with van der Waals surface area (Å²) in [6, 6.07) is 12.7. The van der Waals surface area contributed by atoms with Crippen molar-refractivity contribution in [3.05, 3.63) is 57.6 Å². The predicted molar refractivity (Wildman–Crippen MR) is 104 cm³/mol. The fourth-order valence-electron chi connectivity index (χ4n) is 4.95. The lowest BCUT2D eigenvalue weighted by Gasteiger charge is -2.30. The number of benzene rings is 2. The van der Waals surface area contributed by atoms with Crippen LogP contribution in [0.3, 0.4) is 0 Å². The van der Waals surface area contributed by atoms with Crippen LogP contribution in [0.5, 0.6) is 0 Å². The Morgan fingerprint density at radius 2 is 1.67 bits per heavy atom. The normalized spacial score (nSPS) is 25.9. The van der Waals surface area contributed by atoms with Gasteiger partial charge in [0, 0.05) is 15.6 Å². The summed E-state index contributed by atoms with van der Waals surface area (Å²) in [6.45, 7) is 2.27. The molecule has 24 heavy (non-hydrogen) atoms. The molecule has 2 aromatic rings. The molecule has 4 rings (SSSR count). The molecule has 0 N–H and O–H groups in total. The largest absolute Gasteiger partial charge is 0.0843 e. The summed E-state index contributed by atoms with van der Waals surface area (Å²) in [6.07, 6.45) is 8.23. The molecule has 0 saturated heterocycles. The van der Waals surface area contributed by atoms with Crippen LogP contribution in [0.15, 0.2) is 36.4 Å². The van der Waals surface area contributed by atoms with Crippen LogP contribution in [-0.2, 0) is 6.42 Å². The van der Waals surface area contributed by atoms with E-state index in [1.807, 2.05) is 18.2 Å². The molecule has 0 nitrogen and oxygen atoms in total. The first-order valence-corrected chi connectivity index (χ1v) is 9.98. The third-order valence-corrected chi connectivity index (χ3v) is 6.64. The smallest absolute Gasteiger partial charge is 0.0499 e. The maximum absolute atomic E-state index is 6.45.